The van der Waals surface area contributed by atoms with Gasteiger partial charge in [0.25, 0.3) is 0 Å². The van der Waals surface area contributed by atoms with Crippen LogP contribution in [0.15, 0.2) is 66.9 Å². The first kappa shape index (κ1) is 14.5. The van der Waals surface area contributed by atoms with E-state index in [-0.39, 0.29) is 5.41 Å². The summed E-state index contributed by atoms with van der Waals surface area (Å²) in [6.45, 7) is 6.57. The predicted molar refractivity (Wildman–Crippen MR) is 91.6 cm³/mol. The first-order valence-electron chi connectivity index (χ1n) is 7.54. The molecule has 0 N–H and O–H groups in total. The lowest BCUT2D eigenvalue weighted by Gasteiger charge is -2.22. The van der Waals surface area contributed by atoms with E-state index in [2.05, 4.69) is 37.9 Å². The molecule has 2 nitrogen and oxygen atoms in total. The van der Waals surface area contributed by atoms with Gasteiger partial charge in [0.05, 0.1) is 5.69 Å². The fourth-order valence-corrected chi connectivity index (χ4v) is 2.51. The number of aromatic nitrogens is 2. The summed E-state index contributed by atoms with van der Waals surface area (Å²) in [4.78, 5) is 9.47. The summed E-state index contributed by atoms with van der Waals surface area (Å²) < 4.78 is 0. The van der Waals surface area contributed by atoms with Crippen LogP contribution in [0.1, 0.15) is 26.5 Å². The molecule has 0 saturated heterocycles. The second kappa shape index (κ2) is 5.72. The molecule has 0 fully saturated rings. The lowest BCUT2D eigenvalue weighted by molar-refractivity contribution is 0.570. The fraction of sp³-hybridized carbons (Fsp3) is 0.200. The molecule has 22 heavy (non-hydrogen) atoms. The fourth-order valence-electron chi connectivity index (χ4n) is 2.51. The molecule has 0 aliphatic carbocycles. The Hall–Kier alpha value is -2.48. The molecule has 3 aromatic rings. The molecular formula is C20H20N2. The highest BCUT2D eigenvalue weighted by Gasteiger charge is 2.22. The number of rotatable bonds is 2. The number of nitrogens with zero attached hydrogens (tertiary/aromatic N) is 2. The van der Waals surface area contributed by atoms with Gasteiger partial charge in [-0.25, -0.2) is 9.97 Å². The average molecular weight is 288 g/mol. The van der Waals surface area contributed by atoms with Gasteiger partial charge in [-0.3, -0.25) is 0 Å². The highest BCUT2D eigenvalue weighted by molar-refractivity contribution is 5.68. The van der Waals surface area contributed by atoms with Crippen LogP contribution < -0.4 is 0 Å². The van der Waals surface area contributed by atoms with Crippen molar-refractivity contribution < 1.29 is 0 Å². The zero-order valence-electron chi connectivity index (χ0n) is 13.2. The Morgan fingerprint density at radius 1 is 0.727 bits per heavy atom. The van der Waals surface area contributed by atoms with Crippen molar-refractivity contribution in [2.24, 2.45) is 0 Å². The summed E-state index contributed by atoms with van der Waals surface area (Å²) >= 11 is 0. The van der Waals surface area contributed by atoms with Gasteiger partial charge in [-0.2, -0.15) is 0 Å². The molecule has 110 valence electrons. The van der Waals surface area contributed by atoms with E-state index in [0.717, 1.165) is 28.2 Å². The second-order valence-corrected chi connectivity index (χ2v) is 6.44. The summed E-state index contributed by atoms with van der Waals surface area (Å²) in [6, 6.07) is 20.5. The summed E-state index contributed by atoms with van der Waals surface area (Å²) in [5.74, 6) is 0.783. The van der Waals surface area contributed by atoms with E-state index < -0.39 is 0 Å². The van der Waals surface area contributed by atoms with Crippen molar-refractivity contribution in [2.75, 3.05) is 0 Å². The van der Waals surface area contributed by atoms with E-state index in [4.69, 9.17) is 4.98 Å². The maximum Gasteiger partial charge on any atom is 0.159 e. The summed E-state index contributed by atoms with van der Waals surface area (Å²) in [5, 5.41) is 0. The number of benzene rings is 2. The summed E-state index contributed by atoms with van der Waals surface area (Å²) in [7, 11) is 0. The van der Waals surface area contributed by atoms with E-state index in [1.165, 1.54) is 0 Å². The lowest BCUT2D eigenvalue weighted by Crippen LogP contribution is -2.16. The van der Waals surface area contributed by atoms with Crippen LogP contribution >= 0.6 is 0 Å². The first-order chi connectivity index (χ1) is 10.6. The van der Waals surface area contributed by atoms with Crippen LogP contribution in [-0.2, 0) is 5.41 Å². The van der Waals surface area contributed by atoms with Gasteiger partial charge in [-0.15, -0.1) is 0 Å². The van der Waals surface area contributed by atoms with Gasteiger partial charge in [-0.05, 0) is 5.56 Å². The molecule has 2 aromatic carbocycles. The van der Waals surface area contributed by atoms with Crippen molar-refractivity contribution in [3.05, 3.63) is 72.6 Å². The van der Waals surface area contributed by atoms with Crippen molar-refractivity contribution in [3.8, 4) is 22.5 Å². The molecule has 1 heterocycles. The minimum absolute atomic E-state index is 0.0440. The van der Waals surface area contributed by atoms with Gasteiger partial charge in [-0.1, -0.05) is 81.4 Å². The topological polar surface area (TPSA) is 25.8 Å². The summed E-state index contributed by atoms with van der Waals surface area (Å²) in [5.41, 5.74) is 4.34. The van der Waals surface area contributed by atoms with Gasteiger partial charge in [0, 0.05) is 22.7 Å². The Morgan fingerprint density at radius 2 is 1.27 bits per heavy atom. The van der Waals surface area contributed by atoms with Crippen molar-refractivity contribution >= 4 is 0 Å². The smallest absolute Gasteiger partial charge is 0.159 e. The molecular weight excluding hydrogens is 268 g/mol. The average Bonchev–Trinajstić information content (AvgIpc) is 2.55. The first-order valence-corrected chi connectivity index (χ1v) is 7.54. The Morgan fingerprint density at radius 3 is 1.82 bits per heavy atom. The summed E-state index contributed by atoms with van der Waals surface area (Å²) in [6.07, 6.45) is 1.95. The Balaban J connectivity index is 2.17. The van der Waals surface area contributed by atoms with Crippen LogP contribution in [0.2, 0.25) is 0 Å². The monoisotopic (exact) mass is 288 g/mol. The minimum Gasteiger partial charge on any atom is -0.236 e. The largest absolute Gasteiger partial charge is 0.236 e. The maximum atomic E-state index is 4.88. The number of hydrogen-bond donors (Lipinski definition) is 0. The molecule has 0 unspecified atom stereocenters. The van der Waals surface area contributed by atoms with Crippen molar-refractivity contribution in [1.29, 1.82) is 0 Å². The molecule has 3 rings (SSSR count). The zero-order valence-corrected chi connectivity index (χ0v) is 13.2. The normalized spacial score (nSPS) is 11.4. The third-order valence-corrected chi connectivity index (χ3v) is 3.62. The van der Waals surface area contributed by atoms with E-state index in [0.29, 0.717) is 0 Å². The van der Waals surface area contributed by atoms with Crippen LogP contribution in [-0.4, -0.2) is 9.97 Å². The van der Waals surface area contributed by atoms with Crippen molar-refractivity contribution in [1.82, 2.24) is 9.97 Å². The van der Waals surface area contributed by atoms with Crippen LogP contribution in [0, 0.1) is 0 Å². The molecule has 0 spiro atoms. The standard InChI is InChI=1S/C20H20N2/c1-20(2,3)18-17(15-10-6-4-7-11-15)14-21-19(22-18)16-12-8-5-9-13-16/h4-14H,1-3H3. The number of hydrogen-bond acceptors (Lipinski definition) is 2. The van der Waals surface area contributed by atoms with Gasteiger partial charge >= 0.3 is 0 Å². The highest BCUT2D eigenvalue weighted by Crippen LogP contribution is 2.32. The van der Waals surface area contributed by atoms with Crippen molar-refractivity contribution in [3.63, 3.8) is 0 Å². The molecule has 0 saturated carbocycles. The second-order valence-electron chi connectivity index (χ2n) is 6.44. The van der Waals surface area contributed by atoms with E-state index in [1.807, 2.05) is 54.7 Å². The molecule has 0 bridgehead atoms. The zero-order chi connectivity index (χ0) is 15.6. The minimum atomic E-state index is -0.0440. The Kier molecular flexibility index (Phi) is 3.76. The van der Waals surface area contributed by atoms with Gasteiger partial charge in [0.1, 0.15) is 0 Å². The molecule has 0 atom stereocenters. The van der Waals surface area contributed by atoms with E-state index in [1.54, 1.807) is 0 Å². The molecule has 0 aliphatic rings. The SMILES string of the molecule is CC(C)(C)c1nc(-c2ccccc2)ncc1-c1ccccc1. The molecule has 2 heteroatoms. The Labute approximate surface area is 131 Å². The van der Waals surface area contributed by atoms with Crippen LogP contribution in [0.5, 0.6) is 0 Å². The molecule has 0 radical (unpaired) electrons. The maximum absolute atomic E-state index is 4.88. The molecule has 1 aromatic heterocycles. The van der Waals surface area contributed by atoms with Crippen LogP contribution in [0.25, 0.3) is 22.5 Å². The van der Waals surface area contributed by atoms with Crippen LogP contribution in [0.4, 0.5) is 0 Å². The van der Waals surface area contributed by atoms with E-state index >= 15 is 0 Å². The highest BCUT2D eigenvalue weighted by atomic mass is 14.9. The van der Waals surface area contributed by atoms with Crippen molar-refractivity contribution in [2.45, 2.75) is 26.2 Å². The van der Waals surface area contributed by atoms with Gasteiger partial charge in [0.15, 0.2) is 5.82 Å². The van der Waals surface area contributed by atoms with Gasteiger partial charge in [0.2, 0.25) is 0 Å². The predicted octanol–water partition coefficient (Wildman–Crippen LogP) is 5.11. The quantitative estimate of drug-likeness (QED) is 0.655. The van der Waals surface area contributed by atoms with E-state index in [9.17, 15) is 0 Å². The lowest BCUT2D eigenvalue weighted by atomic mass is 9.86. The van der Waals surface area contributed by atoms with Gasteiger partial charge < -0.3 is 0 Å². The molecule has 0 aliphatic heterocycles. The third-order valence-electron chi connectivity index (χ3n) is 3.62. The third kappa shape index (κ3) is 2.91. The Bertz CT molecular complexity index is 757. The van der Waals surface area contributed by atoms with Crippen LogP contribution in [0.3, 0.4) is 0 Å². The molecule has 0 amide bonds.